The first-order chi connectivity index (χ1) is 16.0. The average molecular weight is 440 g/mol. The summed E-state index contributed by atoms with van der Waals surface area (Å²) in [7, 11) is 0. The highest BCUT2D eigenvalue weighted by atomic mass is 16.5. The van der Waals surface area contributed by atoms with Crippen molar-refractivity contribution in [2.24, 2.45) is 5.92 Å². The van der Waals surface area contributed by atoms with Crippen LogP contribution < -0.4 is 5.56 Å². The number of carbonyl (C=O) groups excluding carboxylic acids is 2. The molecule has 0 saturated heterocycles. The Balaban J connectivity index is 1.78. The fraction of sp³-hybridized carbons (Fsp3) is 0.185. The van der Waals surface area contributed by atoms with Crippen LogP contribution >= 0.6 is 0 Å². The van der Waals surface area contributed by atoms with E-state index in [4.69, 9.17) is 4.74 Å². The normalized spacial score (nSPS) is 12.0. The van der Waals surface area contributed by atoms with Crippen molar-refractivity contribution < 1.29 is 14.3 Å². The highest BCUT2D eigenvalue weighted by molar-refractivity contribution is 6.05. The third-order valence-electron chi connectivity index (χ3n) is 5.22. The second kappa shape index (κ2) is 9.61. The summed E-state index contributed by atoms with van der Waals surface area (Å²) in [6, 6.07) is 24.4. The van der Waals surface area contributed by atoms with Gasteiger partial charge in [-0.15, -0.1) is 0 Å². The van der Waals surface area contributed by atoms with E-state index in [0.717, 1.165) is 0 Å². The largest absolute Gasteiger partial charge is 0.444 e. The van der Waals surface area contributed by atoms with Gasteiger partial charge in [0.15, 0.2) is 11.8 Å². The highest BCUT2D eigenvalue weighted by Gasteiger charge is 2.28. The second-order valence-corrected chi connectivity index (χ2v) is 8.20. The smallest absolute Gasteiger partial charge is 0.360 e. The van der Waals surface area contributed by atoms with Crippen molar-refractivity contribution in [1.82, 2.24) is 9.78 Å². The molecule has 3 aromatic carbocycles. The molecular weight excluding hydrogens is 416 g/mol. The number of aromatic nitrogens is 2. The molecule has 0 bridgehead atoms. The van der Waals surface area contributed by atoms with E-state index in [0.29, 0.717) is 28.4 Å². The minimum absolute atomic E-state index is 0.00708. The van der Waals surface area contributed by atoms with Gasteiger partial charge in [-0.3, -0.25) is 9.59 Å². The van der Waals surface area contributed by atoms with Crippen LogP contribution in [0.15, 0.2) is 89.7 Å². The molecule has 0 spiro atoms. The molecule has 0 aliphatic carbocycles. The number of benzene rings is 3. The van der Waals surface area contributed by atoms with Crippen LogP contribution in [0.25, 0.3) is 10.8 Å². The van der Waals surface area contributed by atoms with E-state index in [1.807, 2.05) is 26.0 Å². The Labute approximate surface area is 191 Å². The van der Waals surface area contributed by atoms with E-state index in [2.05, 4.69) is 5.10 Å². The van der Waals surface area contributed by atoms with Crippen LogP contribution in [0.1, 0.15) is 46.4 Å². The van der Waals surface area contributed by atoms with Crippen molar-refractivity contribution in [1.29, 1.82) is 0 Å². The summed E-state index contributed by atoms with van der Waals surface area (Å²) in [5.41, 5.74) is 0.727. The molecule has 6 nitrogen and oxygen atoms in total. The summed E-state index contributed by atoms with van der Waals surface area (Å²) in [4.78, 5) is 39.5. The molecule has 166 valence electrons. The van der Waals surface area contributed by atoms with Crippen LogP contribution in [0.5, 0.6) is 0 Å². The Morgan fingerprint density at radius 3 is 2.06 bits per heavy atom. The van der Waals surface area contributed by atoms with E-state index >= 15 is 0 Å². The molecule has 1 aromatic heterocycles. The molecule has 33 heavy (non-hydrogen) atoms. The zero-order chi connectivity index (χ0) is 23.4. The number of esters is 1. The lowest BCUT2D eigenvalue weighted by atomic mass is 10.00. The van der Waals surface area contributed by atoms with E-state index in [9.17, 15) is 14.4 Å². The van der Waals surface area contributed by atoms with Crippen molar-refractivity contribution >= 4 is 22.5 Å². The SMILES string of the molecule is CC(C)Cn1nc(C(=O)OC(C(=O)c2ccccc2)c2ccccc2)c2ccccc2c1=O. The number of hydrogen-bond donors (Lipinski definition) is 0. The molecule has 1 heterocycles. The van der Waals surface area contributed by atoms with Crippen molar-refractivity contribution in [3.05, 3.63) is 112 Å². The Bertz CT molecular complexity index is 1350. The Morgan fingerprint density at radius 1 is 0.848 bits per heavy atom. The molecule has 0 saturated carbocycles. The lowest BCUT2D eigenvalue weighted by molar-refractivity contribution is 0.0274. The van der Waals surface area contributed by atoms with Gasteiger partial charge in [0.25, 0.3) is 5.56 Å². The van der Waals surface area contributed by atoms with Crippen molar-refractivity contribution in [3.8, 4) is 0 Å². The number of rotatable bonds is 7. The van der Waals surface area contributed by atoms with Gasteiger partial charge >= 0.3 is 5.97 Å². The lowest BCUT2D eigenvalue weighted by Crippen LogP contribution is -2.29. The Morgan fingerprint density at radius 2 is 1.42 bits per heavy atom. The molecule has 1 atom stereocenters. The predicted octanol–water partition coefficient (Wildman–Crippen LogP) is 4.83. The molecule has 0 N–H and O–H groups in total. The minimum atomic E-state index is -1.15. The predicted molar refractivity (Wildman–Crippen MR) is 126 cm³/mol. The molecule has 0 aliphatic heterocycles. The van der Waals surface area contributed by atoms with E-state index < -0.39 is 12.1 Å². The Hall–Kier alpha value is -4.06. The van der Waals surface area contributed by atoms with Crippen LogP contribution in [0, 0.1) is 5.92 Å². The number of ketones is 1. The summed E-state index contributed by atoms with van der Waals surface area (Å²) < 4.78 is 7.07. The van der Waals surface area contributed by atoms with Gasteiger partial charge in [-0.2, -0.15) is 5.10 Å². The monoisotopic (exact) mass is 440 g/mol. The third kappa shape index (κ3) is 4.75. The maximum Gasteiger partial charge on any atom is 0.360 e. The number of ether oxygens (including phenoxy) is 1. The second-order valence-electron chi connectivity index (χ2n) is 8.20. The standard InChI is InChI=1S/C27H24N2O4/c1-18(2)17-29-26(31)22-16-10-9-15-21(22)23(28-29)27(32)33-25(20-13-7-4-8-14-20)24(30)19-11-5-3-6-12-19/h3-16,18,25H,17H2,1-2H3. The number of Topliss-reactive ketones (excluding diaryl/α,β-unsaturated/α-hetero) is 1. The fourth-order valence-electron chi connectivity index (χ4n) is 3.67. The zero-order valence-electron chi connectivity index (χ0n) is 18.5. The number of carbonyl (C=O) groups is 2. The van der Waals surface area contributed by atoms with Gasteiger partial charge in [-0.05, 0) is 12.0 Å². The fourth-order valence-corrected chi connectivity index (χ4v) is 3.67. The Kier molecular flexibility index (Phi) is 6.45. The van der Waals surface area contributed by atoms with Gasteiger partial charge in [0.1, 0.15) is 0 Å². The molecule has 0 fully saturated rings. The molecule has 1 unspecified atom stereocenters. The lowest BCUT2D eigenvalue weighted by Gasteiger charge is -2.18. The van der Waals surface area contributed by atoms with Gasteiger partial charge in [0, 0.05) is 23.1 Å². The number of fused-ring (bicyclic) bond motifs is 1. The molecule has 0 radical (unpaired) electrons. The van der Waals surface area contributed by atoms with Gasteiger partial charge in [0.2, 0.25) is 5.78 Å². The molecule has 4 rings (SSSR count). The first kappa shape index (κ1) is 22.1. The topological polar surface area (TPSA) is 78.3 Å². The molecule has 6 heteroatoms. The minimum Gasteiger partial charge on any atom is -0.444 e. The van der Waals surface area contributed by atoms with Crippen LogP contribution in [0.2, 0.25) is 0 Å². The summed E-state index contributed by atoms with van der Waals surface area (Å²) in [5.74, 6) is -0.950. The summed E-state index contributed by atoms with van der Waals surface area (Å²) in [6.07, 6.45) is -1.15. The maximum absolute atomic E-state index is 13.4. The van der Waals surface area contributed by atoms with Gasteiger partial charge in [-0.25, -0.2) is 9.48 Å². The quantitative estimate of drug-likeness (QED) is 0.304. The number of nitrogens with zero attached hydrogens (tertiary/aromatic N) is 2. The highest BCUT2D eigenvalue weighted by Crippen LogP contribution is 2.25. The van der Waals surface area contributed by atoms with Crippen LogP contribution in [-0.2, 0) is 11.3 Å². The molecule has 0 amide bonds. The van der Waals surface area contributed by atoms with Crippen molar-refractivity contribution in [2.45, 2.75) is 26.5 Å². The van der Waals surface area contributed by atoms with Gasteiger partial charge in [0.05, 0.1) is 5.39 Å². The van der Waals surface area contributed by atoms with E-state index in [-0.39, 0.29) is 23.0 Å². The van der Waals surface area contributed by atoms with Crippen LogP contribution in [0.3, 0.4) is 0 Å². The van der Waals surface area contributed by atoms with E-state index in [1.54, 1.807) is 72.8 Å². The van der Waals surface area contributed by atoms with Crippen molar-refractivity contribution in [3.63, 3.8) is 0 Å². The zero-order valence-corrected chi connectivity index (χ0v) is 18.5. The van der Waals surface area contributed by atoms with E-state index in [1.165, 1.54) is 4.68 Å². The average Bonchev–Trinajstić information content (AvgIpc) is 2.84. The summed E-state index contributed by atoms with van der Waals surface area (Å²) in [5, 5.41) is 5.11. The summed E-state index contributed by atoms with van der Waals surface area (Å²) in [6.45, 7) is 4.28. The summed E-state index contributed by atoms with van der Waals surface area (Å²) >= 11 is 0. The number of hydrogen-bond acceptors (Lipinski definition) is 5. The van der Waals surface area contributed by atoms with Gasteiger partial charge < -0.3 is 4.74 Å². The molecule has 0 aliphatic rings. The molecular formula is C27H24N2O4. The van der Waals surface area contributed by atoms with Crippen LogP contribution in [-0.4, -0.2) is 21.5 Å². The molecule has 4 aromatic rings. The first-order valence-electron chi connectivity index (χ1n) is 10.8. The maximum atomic E-state index is 13.4. The van der Waals surface area contributed by atoms with Crippen molar-refractivity contribution in [2.75, 3.05) is 0 Å². The van der Waals surface area contributed by atoms with Gasteiger partial charge in [-0.1, -0.05) is 92.7 Å². The first-order valence-corrected chi connectivity index (χ1v) is 10.8. The third-order valence-corrected chi connectivity index (χ3v) is 5.22. The van der Waals surface area contributed by atoms with Crippen LogP contribution in [0.4, 0.5) is 0 Å².